The Hall–Kier alpha value is -1.17. The molecule has 138 valence electrons. The van der Waals surface area contributed by atoms with Gasteiger partial charge in [0, 0.05) is 32.2 Å². The van der Waals surface area contributed by atoms with Crippen molar-refractivity contribution < 1.29 is 13.9 Å². The van der Waals surface area contributed by atoms with E-state index >= 15 is 0 Å². The molecule has 0 saturated carbocycles. The molecule has 2 saturated heterocycles. The molecule has 2 aliphatic heterocycles. The average Bonchev–Trinajstić information content (AvgIpc) is 2.64. The standard InChI is InChI=1S/C19H26ClFN2O2/c1-14-5-6-16(21)17(18(14)20)19(24)23-8-3-2-4-15(23)7-9-22-10-12-25-13-11-22/h5-6,15H,2-4,7-13H2,1H3. The molecule has 1 aromatic carbocycles. The molecule has 2 aliphatic rings. The fourth-order valence-corrected chi connectivity index (χ4v) is 3.95. The van der Waals surface area contributed by atoms with Crippen LogP contribution in [0.1, 0.15) is 41.6 Å². The number of ether oxygens (including phenoxy) is 1. The number of rotatable bonds is 4. The number of aryl methyl sites for hydroxylation is 1. The van der Waals surface area contributed by atoms with Crippen molar-refractivity contribution in [3.05, 3.63) is 34.1 Å². The maximum atomic E-state index is 14.3. The summed E-state index contributed by atoms with van der Waals surface area (Å²) in [6, 6.07) is 3.10. The molecular weight excluding hydrogens is 343 g/mol. The molecule has 0 aliphatic carbocycles. The van der Waals surface area contributed by atoms with Gasteiger partial charge in [-0.2, -0.15) is 0 Å². The lowest BCUT2D eigenvalue weighted by molar-refractivity contribution is 0.0295. The van der Waals surface area contributed by atoms with Crippen molar-refractivity contribution in [1.82, 2.24) is 9.80 Å². The average molecular weight is 369 g/mol. The van der Waals surface area contributed by atoms with Crippen molar-refractivity contribution in [2.45, 2.75) is 38.6 Å². The lowest BCUT2D eigenvalue weighted by Crippen LogP contribution is -2.46. The molecule has 3 rings (SSSR count). The summed E-state index contributed by atoms with van der Waals surface area (Å²) in [5, 5.41) is 0.238. The number of halogens is 2. The minimum Gasteiger partial charge on any atom is -0.379 e. The van der Waals surface area contributed by atoms with Crippen molar-refractivity contribution in [1.29, 1.82) is 0 Å². The van der Waals surface area contributed by atoms with Crippen molar-refractivity contribution in [3.8, 4) is 0 Å². The van der Waals surface area contributed by atoms with Gasteiger partial charge in [-0.3, -0.25) is 9.69 Å². The summed E-state index contributed by atoms with van der Waals surface area (Å²) in [4.78, 5) is 17.2. The first-order valence-electron chi connectivity index (χ1n) is 9.13. The van der Waals surface area contributed by atoms with E-state index in [4.69, 9.17) is 16.3 Å². The van der Waals surface area contributed by atoms with Gasteiger partial charge in [0.25, 0.3) is 5.91 Å². The first kappa shape index (κ1) is 18.6. The fourth-order valence-electron chi connectivity index (χ4n) is 3.72. The van der Waals surface area contributed by atoms with E-state index in [-0.39, 0.29) is 22.5 Å². The number of nitrogens with zero attached hydrogens (tertiary/aromatic N) is 2. The van der Waals surface area contributed by atoms with E-state index in [1.807, 2.05) is 4.90 Å². The molecule has 2 fully saturated rings. The first-order chi connectivity index (χ1) is 12.1. The Balaban J connectivity index is 1.72. The molecule has 0 spiro atoms. The zero-order chi connectivity index (χ0) is 17.8. The van der Waals surface area contributed by atoms with E-state index in [0.29, 0.717) is 6.54 Å². The van der Waals surface area contributed by atoms with Crippen LogP contribution in [-0.4, -0.2) is 61.1 Å². The highest BCUT2D eigenvalue weighted by atomic mass is 35.5. The van der Waals surface area contributed by atoms with Crippen LogP contribution in [0, 0.1) is 12.7 Å². The van der Waals surface area contributed by atoms with Gasteiger partial charge in [-0.1, -0.05) is 17.7 Å². The molecule has 0 radical (unpaired) electrons. The van der Waals surface area contributed by atoms with E-state index in [2.05, 4.69) is 4.90 Å². The Kier molecular flexibility index (Phi) is 6.31. The molecule has 1 amide bonds. The van der Waals surface area contributed by atoms with Crippen molar-refractivity contribution in [2.75, 3.05) is 39.4 Å². The van der Waals surface area contributed by atoms with E-state index in [9.17, 15) is 9.18 Å². The summed E-state index contributed by atoms with van der Waals surface area (Å²) in [6.07, 6.45) is 3.96. The summed E-state index contributed by atoms with van der Waals surface area (Å²) >= 11 is 6.25. The summed E-state index contributed by atoms with van der Waals surface area (Å²) in [6.45, 7) is 6.86. The Morgan fingerprint density at radius 2 is 2.04 bits per heavy atom. The zero-order valence-corrected chi connectivity index (χ0v) is 15.5. The van der Waals surface area contributed by atoms with Gasteiger partial charge in [0.2, 0.25) is 0 Å². The lowest BCUT2D eigenvalue weighted by Gasteiger charge is -2.37. The van der Waals surface area contributed by atoms with Crippen LogP contribution in [0.3, 0.4) is 0 Å². The summed E-state index contributed by atoms with van der Waals surface area (Å²) in [7, 11) is 0. The minimum absolute atomic E-state index is 0.0277. The zero-order valence-electron chi connectivity index (χ0n) is 14.8. The van der Waals surface area contributed by atoms with Crippen LogP contribution < -0.4 is 0 Å². The Morgan fingerprint density at radius 1 is 1.28 bits per heavy atom. The third-order valence-electron chi connectivity index (χ3n) is 5.27. The number of carbonyl (C=O) groups excluding carboxylic acids is 1. The van der Waals surface area contributed by atoms with E-state index in [0.717, 1.165) is 64.1 Å². The molecule has 0 N–H and O–H groups in total. The number of benzene rings is 1. The summed E-state index contributed by atoms with van der Waals surface area (Å²) in [5.41, 5.74) is 0.758. The normalized spacial score (nSPS) is 22.2. The molecule has 0 bridgehead atoms. The smallest absolute Gasteiger partial charge is 0.258 e. The highest BCUT2D eigenvalue weighted by Crippen LogP contribution is 2.28. The molecular formula is C19H26ClFN2O2. The molecule has 0 aromatic heterocycles. The minimum atomic E-state index is -0.530. The maximum absolute atomic E-state index is 14.3. The SMILES string of the molecule is Cc1ccc(F)c(C(=O)N2CCCCC2CCN2CCOCC2)c1Cl. The van der Waals surface area contributed by atoms with E-state index < -0.39 is 5.82 Å². The van der Waals surface area contributed by atoms with Gasteiger partial charge in [-0.05, 0) is 44.2 Å². The Bertz CT molecular complexity index is 620. The summed E-state index contributed by atoms with van der Waals surface area (Å²) in [5.74, 6) is -0.795. The lowest BCUT2D eigenvalue weighted by atomic mass is 9.97. The third-order valence-corrected chi connectivity index (χ3v) is 5.76. The van der Waals surface area contributed by atoms with Crippen LogP contribution in [0.4, 0.5) is 4.39 Å². The summed E-state index contributed by atoms with van der Waals surface area (Å²) < 4.78 is 19.7. The number of hydrogen-bond acceptors (Lipinski definition) is 3. The second-order valence-electron chi connectivity index (χ2n) is 6.94. The number of morpholine rings is 1. The number of hydrogen-bond donors (Lipinski definition) is 0. The van der Waals surface area contributed by atoms with Gasteiger partial charge >= 0.3 is 0 Å². The highest BCUT2D eigenvalue weighted by Gasteiger charge is 2.31. The number of carbonyl (C=O) groups is 1. The van der Waals surface area contributed by atoms with Crippen molar-refractivity contribution >= 4 is 17.5 Å². The number of amides is 1. The van der Waals surface area contributed by atoms with Crippen LogP contribution in [0.25, 0.3) is 0 Å². The van der Waals surface area contributed by atoms with Gasteiger partial charge in [0.05, 0.1) is 23.8 Å². The quantitative estimate of drug-likeness (QED) is 0.815. The first-order valence-corrected chi connectivity index (χ1v) is 9.51. The largest absolute Gasteiger partial charge is 0.379 e. The molecule has 2 heterocycles. The molecule has 1 aromatic rings. The van der Waals surface area contributed by atoms with Gasteiger partial charge in [-0.15, -0.1) is 0 Å². The van der Waals surface area contributed by atoms with Crippen LogP contribution >= 0.6 is 11.6 Å². The molecule has 6 heteroatoms. The maximum Gasteiger partial charge on any atom is 0.258 e. The van der Waals surface area contributed by atoms with Gasteiger partial charge in [0.1, 0.15) is 5.82 Å². The van der Waals surface area contributed by atoms with Crippen LogP contribution in [0.15, 0.2) is 12.1 Å². The Morgan fingerprint density at radius 3 is 2.80 bits per heavy atom. The molecule has 1 unspecified atom stereocenters. The van der Waals surface area contributed by atoms with Gasteiger partial charge < -0.3 is 9.64 Å². The van der Waals surface area contributed by atoms with E-state index in [1.165, 1.54) is 6.07 Å². The second-order valence-corrected chi connectivity index (χ2v) is 7.32. The predicted octanol–water partition coefficient (Wildman–Crippen LogP) is 3.50. The predicted molar refractivity (Wildman–Crippen MR) is 96.7 cm³/mol. The number of piperidine rings is 1. The van der Waals surface area contributed by atoms with Gasteiger partial charge in [0.15, 0.2) is 0 Å². The fraction of sp³-hybridized carbons (Fsp3) is 0.632. The molecule has 4 nitrogen and oxygen atoms in total. The van der Waals surface area contributed by atoms with E-state index in [1.54, 1.807) is 13.0 Å². The molecule has 25 heavy (non-hydrogen) atoms. The second kappa shape index (κ2) is 8.47. The monoisotopic (exact) mass is 368 g/mol. The van der Waals surface area contributed by atoms with Crippen molar-refractivity contribution in [2.24, 2.45) is 0 Å². The Labute approximate surface area is 153 Å². The number of likely N-dealkylation sites (tertiary alicyclic amines) is 1. The molecule has 1 atom stereocenters. The van der Waals surface area contributed by atoms with Gasteiger partial charge in [-0.25, -0.2) is 4.39 Å². The van der Waals surface area contributed by atoms with Crippen LogP contribution in [0.5, 0.6) is 0 Å². The topological polar surface area (TPSA) is 32.8 Å². The van der Waals surface area contributed by atoms with Crippen LogP contribution in [0.2, 0.25) is 5.02 Å². The highest BCUT2D eigenvalue weighted by molar-refractivity contribution is 6.34. The van der Waals surface area contributed by atoms with Crippen LogP contribution in [-0.2, 0) is 4.74 Å². The van der Waals surface area contributed by atoms with Crippen molar-refractivity contribution in [3.63, 3.8) is 0 Å². The third kappa shape index (κ3) is 4.33.